The fraction of sp³-hybridized carbons (Fsp3) is 0.267. The second kappa shape index (κ2) is 5.69. The van der Waals surface area contributed by atoms with Crippen LogP contribution in [0.5, 0.6) is 0 Å². The molecule has 1 saturated carbocycles. The summed E-state index contributed by atoms with van der Waals surface area (Å²) in [6.45, 7) is 0. The Balaban J connectivity index is 1.55. The summed E-state index contributed by atoms with van der Waals surface area (Å²) < 4.78 is 0. The molecular weight excluding hydrogens is 252 g/mol. The zero-order valence-electron chi connectivity index (χ0n) is 11.0. The third-order valence-electron chi connectivity index (χ3n) is 3.09. The average molecular weight is 268 g/mol. The lowest BCUT2D eigenvalue weighted by atomic mass is 10.2. The van der Waals surface area contributed by atoms with E-state index in [2.05, 4.69) is 20.6 Å². The molecule has 0 radical (unpaired) electrons. The molecule has 2 N–H and O–H groups in total. The molecule has 0 aromatic carbocycles. The number of nitrogens with one attached hydrogen (secondary N) is 2. The van der Waals surface area contributed by atoms with E-state index in [0.717, 1.165) is 11.4 Å². The number of pyridine rings is 2. The van der Waals surface area contributed by atoms with Crippen molar-refractivity contribution in [1.82, 2.24) is 9.97 Å². The molecule has 0 spiro atoms. The van der Waals surface area contributed by atoms with Crippen molar-refractivity contribution in [3.8, 4) is 0 Å². The van der Waals surface area contributed by atoms with E-state index < -0.39 is 0 Å². The molecule has 0 saturated heterocycles. The maximum Gasteiger partial charge on any atom is 0.228 e. The Morgan fingerprint density at radius 1 is 1.20 bits per heavy atom. The SMILES string of the molecule is O=C(Cc1ccncc1)Nc1ccc(NC2CC2)nc1. The molecule has 1 aliphatic carbocycles. The van der Waals surface area contributed by atoms with Crippen LogP contribution in [0.15, 0.2) is 42.9 Å². The summed E-state index contributed by atoms with van der Waals surface area (Å²) in [6.07, 6.45) is 7.81. The second-order valence-electron chi connectivity index (χ2n) is 4.93. The first kappa shape index (κ1) is 12.6. The van der Waals surface area contributed by atoms with Gasteiger partial charge in [-0.25, -0.2) is 4.98 Å². The molecule has 20 heavy (non-hydrogen) atoms. The van der Waals surface area contributed by atoms with Gasteiger partial charge in [0.05, 0.1) is 18.3 Å². The number of hydrogen-bond acceptors (Lipinski definition) is 4. The van der Waals surface area contributed by atoms with Gasteiger partial charge in [-0.2, -0.15) is 0 Å². The minimum Gasteiger partial charge on any atom is -0.367 e. The monoisotopic (exact) mass is 268 g/mol. The Morgan fingerprint density at radius 2 is 2.00 bits per heavy atom. The lowest BCUT2D eigenvalue weighted by Crippen LogP contribution is -2.14. The van der Waals surface area contributed by atoms with Crippen molar-refractivity contribution in [3.05, 3.63) is 48.4 Å². The number of anilines is 2. The average Bonchev–Trinajstić information content (AvgIpc) is 3.26. The Labute approximate surface area is 117 Å². The van der Waals surface area contributed by atoms with E-state index in [1.54, 1.807) is 18.6 Å². The van der Waals surface area contributed by atoms with Crippen molar-refractivity contribution in [3.63, 3.8) is 0 Å². The second-order valence-corrected chi connectivity index (χ2v) is 4.93. The van der Waals surface area contributed by atoms with Crippen molar-refractivity contribution in [2.24, 2.45) is 0 Å². The molecule has 2 heterocycles. The summed E-state index contributed by atoms with van der Waals surface area (Å²) in [7, 11) is 0. The van der Waals surface area contributed by atoms with Gasteiger partial charge in [-0.1, -0.05) is 0 Å². The summed E-state index contributed by atoms with van der Waals surface area (Å²) in [5.41, 5.74) is 1.66. The van der Waals surface area contributed by atoms with Gasteiger partial charge >= 0.3 is 0 Å². The molecule has 0 bridgehead atoms. The van der Waals surface area contributed by atoms with Gasteiger partial charge in [-0.15, -0.1) is 0 Å². The van der Waals surface area contributed by atoms with Gasteiger partial charge in [0.15, 0.2) is 0 Å². The molecule has 102 valence electrons. The van der Waals surface area contributed by atoms with Crippen LogP contribution in [-0.2, 0) is 11.2 Å². The van der Waals surface area contributed by atoms with Crippen LogP contribution in [0.4, 0.5) is 11.5 Å². The molecule has 2 aromatic rings. The summed E-state index contributed by atoms with van der Waals surface area (Å²) in [5, 5.41) is 6.14. The minimum atomic E-state index is -0.0547. The molecule has 0 unspecified atom stereocenters. The predicted octanol–water partition coefficient (Wildman–Crippen LogP) is 2.23. The van der Waals surface area contributed by atoms with Crippen molar-refractivity contribution in [1.29, 1.82) is 0 Å². The van der Waals surface area contributed by atoms with Crippen LogP contribution in [0.1, 0.15) is 18.4 Å². The van der Waals surface area contributed by atoms with Crippen LogP contribution in [0, 0.1) is 0 Å². The van der Waals surface area contributed by atoms with E-state index in [4.69, 9.17) is 0 Å². The Morgan fingerprint density at radius 3 is 2.65 bits per heavy atom. The number of aromatic nitrogens is 2. The van der Waals surface area contributed by atoms with Crippen LogP contribution in [0.3, 0.4) is 0 Å². The molecule has 1 amide bonds. The number of carbonyl (C=O) groups excluding carboxylic acids is 1. The normalized spacial score (nSPS) is 13.8. The van der Waals surface area contributed by atoms with E-state index in [1.807, 2.05) is 24.3 Å². The van der Waals surface area contributed by atoms with E-state index >= 15 is 0 Å². The van der Waals surface area contributed by atoms with Gasteiger partial charge in [0.1, 0.15) is 5.82 Å². The zero-order chi connectivity index (χ0) is 13.8. The number of hydrogen-bond donors (Lipinski definition) is 2. The summed E-state index contributed by atoms with van der Waals surface area (Å²) in [4.78, 5) is 20.1. The van der Waals surface area contributed by atoms with Gasteiger partial charge in [0, 0.05) is 18.4 Å². The first-order chi connectivity index (χ1) is 9.79. The quantitative estimate of drug-likeness (QED) is 0.872. The van der Waals surface area contributed by atoms with Crippen molar-refractivity contribution < 1.29 is 4.79 Å². The molecule has 3 rings (SSSR count). The van der Waals surface area contributed by atoms with Crippen LogP contribution >= 0.6 is 0 Å². The lowest BCUT2D eigenvalue weighted by Gasteiger charge is -2.07. The smallest absolute Gasteiger partial charge is 0.228 e. The predicted molar refractivity (Wildman–Crippen MR) is 77.5 cm³/mol. The van der Waals surface area contributed by atoms with Gasteiger partial charge < -0.3 is 10.6 Å². The first-order valence-corrected chi connectivity index (χ1v) is 6.71. The van der Waals surface area contributed by atoms with Gasteiger partial charge in [0.25, 0.3) is 0 Å². The zero-order valence-corrected chi connectivity index (χ0v) is 11.0. The highest BCUT2D eigenvalue weighted by Gasteiger charge is 2.20. The van der Waals surface area contributed by atoms with Crippen LogP contribution < -0.4 is 10.6 Å². The molecule has 5 nitrogen and oxygen atoms in total. The van der Waals surface area contributed by atoms with E-state index in [0.29, 0.717) is 18.2 Å². The number of carbonyl (C=O) groups is 1. The van der Waals surface area contributed by atoms with Crippen LogP contribution in [-0.4, -0.2) is 21.9 Å². The first-order valence-electron chi connectivity index (χ1n) is 6.71. The Bertz CT molecular complexity index is 579. The molecule has 5 heteroatoms. The molecule has 1 aliphatic rings. The highest BCUT2D eigenvalue weighted by atomic mass is 16.1. The van der Waals surface area contributed by atoms with E-state index in [1.165, 1.54) is 12.8 Å². The minimum absolute atomic E-state index is 0.0547. The molecular formula is C15H16N4O. The number of rotatable bonds is 5. The maximum atomic E-state index is 11.9. The fourth-order valence-electron chi connectivity index (χ4n) is 1.88. The third kappa shape index (κ3) is 3.54. The van der Waals surface area contributed by atoms with Gasteiger partial charge in [-0.05, 0) is 42.7 Å². The molecule has 0 atom stereocenters. The largest absolute Gasteiger partial charge is 0.367 e. The Hall–Kier alpha value is -2.43. The van der Waals surface area contributed by atoms with Crippen molar-refractivity contribution in [2.45, 2.75) is 25.3 Å². The highest BCUT2D eigenvalue weighted by molar-refractivity contribution is 5.92. The summed E-state index contributed by atoms with van der Waals surface area (Å²) in [6, 6.07) is 8.00. The van der Waals surface area contributed by atoms with Crippen molar-refractivity contribution in [2.75, 3.05) is 10.6 Å². The summed E-state index contributed by atoms with van der Waals surface area (Å²) in [5.74, 6) is 0.806. The highest BCUT2D eigenvalue weighted by Crippen LogP contribution is 2.23. The fourth-order valence-corrected chi connectivity index (χ4v) is 1.88. The maximum absolute atomic E-state index is 11.9. The summed E-state index contributed by atoms with van der Waals surface area (Å²) >= 11 is 0. The van der Waals surface area contributed by atoms with Crippen molar-refractivity contribution >= 4 is 17.4 Å². The number of amides is 1. The lowest BCUT2D eigenvalue weighted by molar-refractivity contribution is -0.115. The van der Waals surface area contributed by atoms with Gasteiger partial charge in [-0.3, -0.25) is 9.78 Å². The third-order valence-corrected chi connectivity index (χ3v) is 3.09. The number of nitrogens with zero attached hydrogens (tertiary/aromatic N) is 2. The Kier molecular flexibility index (Phi) is 3.58. The van der Waals surface area contributed by atoms with E-state index in [9.17, 15) is 4.79 Å². The van der Waals surface area contributed by atoms with Crippen LogP contribution in [0.2, 0.25) is 0 Å². The molecule has 1 fully saturated rings. The van der Waals surface area contributed by atoms with E-state index in [-0.39, 0.29) is 5.91 Å². The van der Waals surface area contributed by atoms with Crippen LogP contribution in [0.25, 0.3) is 0 Å². The molecule has 2 aromatic heterocycles. The standard InChI is InChI=1S/C15H16N4O/c20-15(9-11-5-7-16-8-6-11)19-13-3-4-14(17-10-13)18-12-1-2-12/h3-8,10,12H,1-2,9H2,(H,17,18)(H,19,20). The van der Waals surface area contributed by atoms with Gasteiger partial charge in [0.2, 0.25) is 5.91 Å². The topological polar surface area (TPSA) is 66.9 Å². The molecule has 0 aliphatic heterocycles.